The van der Waals surface area contributed by atoms with Crippen molar-refractivity contribution >= 4 is 18.3 Å². The van der Waals surface area contributed by atoms with Gasteiger partial charge in [0.1, 0.15) is 0 Å². The maximum atomic E-state index is 12.2. The van der Waals surface area contributed by atoms with E-state index in [-0.39, 0.29) is 18.3 Å². The molecule has 1 aliphatic heterocycles. The van der Waals surface area contributed by atoms with E-state index in [1.807, 2.05) is 10.7 Å². The zero-order chi connectivity index (χ0) is 17.3. The molecule has 1 saturated heterocycles. The Kier molecular flexibility index (Phi) is 8.58. The lowest BCUT2D eigenvalue weighted by atomic mass is 10.1. The number of nitrogens with one attached hydrogen (secondary N) is 2. The van der Waals surface area contributed by atoms with Gasteiger partial charge >= 0.3 is 0 Å². The fourth-order valence-electron chi connectivity index (χ4n) is 3.20. The number of piperidine rings is 1. The van der Waals surface area contributed by atoms with E-state index < -0.39 is 0 Å². The molecule has 2 N–H and O–H groups in total. The molecule has 1 aromatic carbocycles. The molecule has 0 saturated carbocycles. The second kappa shape index (κ2) is 10.9. The molecule has 1 fully saturated rings. The molecule has 2 heterocycles. The summed E-state index contributed by atoms with van der Waals surface area (Å²) in [6.07, 6.45) is 8.18. The SMILES string of the molecule is Cl.O=C(NCCCCCc1ccccc1)c1cn(C2CCNCC2)nn1. The first-order valence-electron chi connectivity index (χ1n) is 9.27. The third-order valence-electron chi connectivity index (χ3n) is 4.70. The van der Waals surface area contributed by atoms with E-state index in [1.165, 1.54) is 5.56 Å². The Labute approximate surface area is 161 Å². The molecule has 1 amide bonds. The third kappa shape index (κ3) is 6.11. The van der Waals surface area contributed by atoms with Gasteiger partial charge in [0.15, 0.2) is 5.69 Å². The Bertz CT molecular complexity index is 655. The predicted octanol–water partition coefficient (Wildman–Crippen LogP) is 2.77. The number of rotatable bonds is 8. The van der Waals surface area contributed by atoms with Crippen molar-refractivity contribution in [2.24, 2.45) is 0 Å². The van der Waals surface area contributed by atoms with Crippen molar-refractivity contribution in [2.45, 2.75) is 44.6 Å². The zero-order valence-corrected chi connectivity index (χ0v) is 15.9. The van der Waals surface area contributed by atoms with Gasteiger partial charge < -0.3 is 10.6 Å². The van der Waals surface area contributed by atoms with Crippen molar-refractivity contribution in [3.05, 3.63) is 47.8 Å². The van der Waals surface area contributed by atoms with Crippen LogP contribution < -0.4 is 10.6 Å². The Hall–Kier alpha value is -1.92. The number of hydrogen-bond donors (Lipinski definition) is 2. The average molecular weight is 378 g/mol. The molecule has 0 spiro atoms. The largest absolute Gasteiger partial charge is 0.351 e. The summed E-state index contributed by atoms with van der Waals surface area (Å²) in [5.41, 5.74) is 1.80. The number of benzene rings is 1. The highest BCUT2D eigenvalue weighted by atomic mass is 35.5. The molecule has 3 rings (SSSR count). The van der Waals surface area contributed by atoms with Crippen molar-refractivity contribution < 1.29 is 4.79 Å². The van der Waals surface area contributed by atoms with E-state index in [1.54, 1.807) is 6.20 Å². The summed E-state index contributed by atoms with van der Waals surface area (Å²) in [6.45, 7) is 2.68. The standard InChI is InChI=1S/C19H27N5O.ClH/c25-19(18-15-24(23-22-18)17-10-13-20-14-11-17)21-12-6-2-5-9-16-7-3-1-4-8-16;/h1,3-4,7-8,15,17,20H,2,5-6,9-14H2,(H,21,25);1H. The summed E-state index contributed by atoms with van der Waals surface area (Å²) >= 11 is 0. The van der Waals surface area contributed by atoms with Crippen LogP contribution in [0.15, 0.2) is 36.5 Å². The highest BCUT2D eigenvalue weighted by Gasteiger charge is 2.18. The van der Waals surface area contributed by atoms with Gasteiger partial charge in [-0.25, -0.2) is 4.68 Å². The summed E-state index contributed by atoms with van der Waals surface area (Å²) < 4.78 is 1.84. The molecule has 1 aromatic heterocycles. The smallest absolute Gasteiger partial charge is 0.273 e. The van der Waals surface area contributed by atoms with Gasteiger partial charge in [0.05, 0.1) is 12.2 Å². The first-order chi connectivity index (χ1) is 12.3. The first kappa shape index (κ1) is 20.4. The number of amides is 1. The lowest BCUT2D eigenvalue weighted by Crippen LogP contribution is -2.29. The monoisotopic (exact) mass is 377 g/mol. The second-order valence-corrected chi connectivity index (χ2v) is 6.62. The van der Waals surface area contributed by atoms with Gasteiger partial charge in [-0.05, 0) is 50.8 Å². The van der Waals surface area contributed by atoms with Gasteiger partial charge in [0.25, 0.3) is 5.91 Å². The molecule has 0 unspecified atom stereocenters. The molecule has 0 atom stereocenters. The normalized spacial score (nSPS) is 14.6. The van der Waals surface area contributed by atoms with Gasteiger partial charge in [-0.15, -0.1) is 17.5 Å². The minimum Gasteiger partial charge on any atom is -0.351 e. The average Bonchev–Trinajstić information content (AvgIpc) is 3.16. The Morgan fingerprint density at radius 1 is 1.15 bits per heavy atom. The molecule has 0 bridgehead atoms. The Morgan fingerprint density at radius 3 is 2.69 bits per heavy atom. The predicted molar refractivity (Wildman–Crippen MR) is 105 cm³/mol. The topological polar surface area (TPSA) is 71.8 Å². The van der Waals surface area contributed by atoms with Crippen LogP contribution in [-0.2, 0) is 6.42 Å². The minimum absolute atomic E-state index is 0. The van der Waals surface area contributed by atoms with Crippen molar-refractivity contribution in [3.8, 4) is 0 Å². The summed E-state index contributed by atoms with van der Waals surface area (Å²) in [5, 5.41) is 14.4. The van der Waals surface area contributed by atoms with E-state index >= 15 is 0 Å². The van der Waals surface area contributed by atoms with Crippen LogP contribution in [0.1, 0.15) is 54.2 Å². The van der Waals surface area contributed by atoms with Gasteiger partial charge in [0.2, 0.25) is 0 Å². The van der Waals surface area contributed by atoms with Crippen LogP contribution in [-0.4, -0.2) is 40.5 Å². The van der Waals surface area contributed by atoms with Crippen LogP contribution in [0, 0.1) is 0 Å². The Morgan fingerprint density at radius 2 is 1.92 bits per heavy atom. The zero-order valence-electron chi connectivity index (χ0n) is 15.1. The van der Waals surface area contributed by atoms with E-state index in [2.05, 4.69) is 45.2 Å². The van der Waals surface area contributed by atoms with Crippen LogP contribution in [0.5, 0.6) is 0 Å². The van der Waals surface area contributed by atoms with Crippen molar-refractivity contribution in [2.75, 3.05) is 19.6 Å². The summed E-state index contributed by atoms with van der Waals surface area (Å²) in [7, 11) is 0. The number of aryl methyl sites for hydroxylation is 1. The molecular weight excluding hydrogens is 350 g/mol. The molecule has 1 aliphatic rings. The molecule has 0 aliphatic carbocycles. The number of unbranched alkanes of at least 4 members (excludes halogenated alkanes) is 2. The summed E-state index contributed by atoms with van der Waals surface area (Å²) in [6, 6.07) is 10.9. The van der Waals surface area contributed by atoms with Crippen LogP contribution in [0.2, 0.25) is 0 Å². The van der Waals surface area contributed by atoms with Crippen LogP contribution in [0.3, 0.4) is 0 Å². The lowest BCUT2D eigenvalue weighted by Gasteiger charge is -2.22. The number of halogens is 1. The highest BCUT2D eigenvalue weighted by Crippen LogP contribution is 2.17. The fraction of sp³-hybridized carbons (Fsp3) is 0.526. The van der Waals surface area contributed by atoms with Crippen LogP contribution in [0.25, 0.3) is 0 Å². The number of aromatic nitrogens is 3. The van der Waals surface area contributed by atoms with Gasteiger partial charge in [-0.3, -0.25) is 4.79 Å². The lowest BCUT2D eigenvalue weighted by molar-refractivity contribution is 0.0948. The van der Waals surface area contributed by atoms with Crippen molar-refractivity contribution in [1.29, 1.82) is 0 Å². The van der Waals surface area contributed by atoms with E-state index in [0.717, 1.165) is 51.6 Å². The molecule has 7 heteroatoms. The number of carbonyl (C=O) groups excluding carboxylic acids is 1. The molecule has 26 heavy (non-hydrogen) atoms. The van der Waals surface area contributed by atoms with Gasteiger partial charge in [0, 0.05) is 6.54 Å². The van der Waals surface area contributed by atoms with Gasteiger partial charge in [-0.1, -0.05) is 42.0 Å². The van der Waals surface area contributed by atoms with E-state index in [4.69, 9.17) is 0 Å². The summed E-state index contributed by atoms with van der Waals surface area (Å²) in [4.78, 5) is 12.2. The molecule has 0 radical (unpaired) electrons. The van der Waals surface area contributed by atoms with E-state index in [0.29, 0.717) is 18.3 Å². The maximum absolute atomic E-state index is 12.2. The highest BCUT2D eigenvalue weighted by molar-refractivity contribution is 5.91. The van der Waals surface area contributed by atoms with Crippen LogP contribution in [0.4, 0.5) is 0 Å². The number of hydrogen-bond acceptors (Lipinski definition) is 4. The van der Waals surface area contributed by atoms with Gasteiger partial charge in [-0.2, -0.15) is 0 Å². The molecular formula is C19H28ClN5O. The maximum Gasteiger partial charge on any atom is 0.273 e. The molecule has 2 aromatic rings. The summed E-state index contributed by atoms with van der Waals surface area (Å²) in [5.74, 6) is -0.122. The van der Waals surface area contributed by atoms with Crippen molar-refractivity contribution in [1.82, 2.24) is 25.6 Å². The third-order valence-corrected chi connectivity index (χ3v) is 4.70. The number of carbonyl (C=O) groups is 1. The fourth-order valence-corrected chi connectivity index (χ4v) is 3.20. The van der Waals surface area contributed by atoms with Crippen molar-refractivity contribution in [3.63, 3.8) is 0 Å². The first-order valence-corrected chi connectivity index (χ1v) is 9.27. The van der Waals surface area contributed by atoms with Crippen LogP contribution >= 0.6 is 12.4 Å². The quantitative estimate of drug-likeness (QED) is 0.694. The van der Waals surface area contributed by atoms with E-state index in [9.17, 15) is 4.79 Å². The second-order valence-electron chi connectivity index (χ2n) is 6.62. The molecule has 142 valence electrons. The minimum atomic E-state index is -0.122. The molecule has 6 nitrogen and oxygen atoms in total. The Balaban J connectivity index is 0.00000243. The number of nitrogens with zero attached hydrogens (tertiary/aromatic N) is 3.